The van der Waals surface area contributed by atoms with Crippen molar-refractivity contribution < 1.29 is 29.4 Å². The largest absolute Gasteiger partial charge is 0.464 e. The van der Waals surface area contributed by atoms with Gasteiger partial charge in [0, 0.05) is 0 Å². The maximum absolute atomic E-state index is 9.13. The van der Waals surface area contributed by atoms with Crippen molar-refractivity contribution in [3.63, 3.8) is 0 Å². The third-order valence-electron chi connectivity index (χ3n) is 0.247. The smallest absolute Gasteiger partial charge is 0.418 e. The van der Waals surface area contributed by atoms with Crippen molar-refractivity contribution >= 4 is 18.3 Å². The number of nitrogens with one attached hydrogen (secondary N) is 2. The first-order valence-electron chi connectivity index (χ1n) is 3.34. The summed E-state index contributed by atoms with van der Waals surface area (Å²) in [4.78, 5) is 34.5. The first kappa shape index (κ1) is 36.0. The van der Waals surface area contributed by atoms with Gasteiger partial charge in [0.05, 0.1) is 0 Å². The summed E-state index contributed by atoms with van der Waals surface area (Å²) in [5.41, 5.74) is 2.89. The van der Waals surface area contributed by atoms with E-state index in [1.54, 1.807) is 0 Å². The zero-order chi connectivity index (χ0) is 17.3. The molecule has 2 amide bonds. The van der Waals surface area contributed by atoms with E-state index in [1.807, 2.05) is 0 Å². The SMILES string of the molecule is NN.NN.NN.NNC(=O)O.NNC(=O)O.O=C=O. The molecule has 0 saturated heterocycles. The molecular formula is C3H20N10O6. The second kappa shape index (κ2) is 76.3. The second-order valence-corrected chi connectivity index (χ2v) is 0.982. The zero-order valence-corrected chi connectivity index (χ0v) is 9.65. The molecule has 0 aliphatic heterocycles. The van der Waals surface area contributed by atoms with Crippen LogP contribution in [-0.2, 0) is 9.59 Å². The van der Waals surface area contributed by atoms with Gasteiger partial charge in [0.2, 0.25) is 0 Å². The highest BCUT2D eigenvalue weighted by Crippen LogP contribution is 1.43. The minimum absolute atomic E-state index is 0.250. The average molecular weight is 292 g/mol. The molecule has 0 bridgehead atoms. The molecule has 16 heteroatoms. The van der Waals surface area contributed by atoms with Crippen LogP contribution in [0.5, 0.6) is 0 Å². The lowest BCUT2D eigenvalue weighted by molar-refractivity contribution is -0.191. The molecule has 0 aliphatic carbocycles. The highest BCUT2D eigenvalue weighted by atomic mass is 16.4. The molecule has 0 rings (SSSR count). The predicted octanol–water partition coefficient (Wildman–Crippen LogP) is -5.87. The summed E-state index contributed by atoms with van der Waals surface area (Å²) in [7, 11) is 0. The zero-order valence-electron chi connectivity index (χ0n) is 9.65. The van der Waals surface area contributed by atoms with Crippen molar-refractivity contribution in [1.82, 2.24) is 10.9 Å². The molecule has 0 aromatic carbocycles. The van der Waals surface area contributed by atoms with Crippen molar-refractivity contribution in [2.45, 2.75) is 0 Å². The van der Waals surface area contributed by atoms with Crippen molar-refractivity contribution in [1.29, 1.82) is 0 Å². The summed E-state index contributed by atoms with van der Waals surface area (Å²) < 4.78 is 0. The van der Waals surface area contributed by atoms with Crippen LogP contribution in [0.25, 0.3) is 0 Å². The Kier molecular flexibility index (Phi) is 144. The Morgan fingerprint density at radius 1 is 0.737 bits per heavy atom. The van der Waals surface area contributed by atoms with Crippen LogP contribution < -0.4 is 57.6 Å². The number of carboxylic acid groups (broad SMARTS) is 2. The molecule has 19 heavy (non-hydrogen) atoms. The maximum Gasteiger partial charge on any atom is 0.418 e. The van der Waals surface area contributed by atoms with Gasteiger partial charge >= 0.3 is 18.3 Å². The fourth-order valence-electron chi connectivity index (χ4n) is 0. The molecule has 0 heterocycles. The van der Waals surface area contributed by atoms with Gasteiger partial charge in [0.25, 0.3) is 0 Å². The van der Waals surface area contributed by atoms with E-state index in [0.29, 0.717) is 0 Å². The molecule has 0 aromatic rings. The number of rotatable bonds is 0. The Morgan fingerprint density at radius 3 is 0.789 bits per heavy atom. The van der Waals surface area contributed by atoms with Gasteiger partial charge in [-0.3, -0.25) is 45.9 Å². The lowest BCUT2D eigenvalue weighted by Crippen LogP contribution is -2.27. The fourth-order valence-corrected chi connectivity index (χ4v) is 0. The summed E-state index contributed by atoms with van der Waals surface area (Å²) >= 11 is 0. The number of amides is 2. The Morgan fingerprint density at radius 2 is 0.789 bits per heavy atom. The quantitative estimate of drug-likeness (QED) is 0.112. The lowest BCUT2D eigenvalue weighted by atomic mass is 11.3. The summed E-state index contributed by atoms with van der Waals surface area (Å²) in [6.07, 6.45) is -2.19. The van der Waals surface area contributed by atoms with Crippen molar-refractivity contribution in [3.05, 3.63) is 0 Å². The van der Waals surface area contributed by atoms with Crippen LogP contribution in [0.2, 0.25) is 0 Å². The van der Waals surface area contributed by atoms with E-state index in [0.717, 1.165) is 0 Å². The van der Waals surface area contributed by atoms with Gasteiger partial charge in [-0.2, -0.15) is 9.59 Å². The topological polar surface area (TPSA) is 341 Å². The number of carbonyl (C=O) groups excluding carboxylic acids is 2. The molecule has 0 radical (unpaired) electrons. The van der Waals surface area contributed by atoms with E-state index in [1.165, 1.54) is 10.9 Å². The summed E-state index contributed by atoms with van der Waals surface area (Å²) in [6.45, 7) is 0. The molecule has 0 aromatic heterocycles. The minimum Gasteiger partial charge on any atom is -0.464 e. The van der Waals surface area contributed by atoms with E-state index in [9.17, 15) is 0 Å². The number of hydrazine groups is 5. The first-order chi connectivity index (χ1) is 8.95. The van der Waals surface area contributed by atoms with Gasteiger partial charge in [-0.1, -0.05) is 0 Å². The molecule has 0 unspecified atom stereocenters. The van der Waals surface area contributed by atoms with E-state index < -0.39 is 12.2 Å². The third kappa shape index (κ3) is 1130. The maximum atomic E-state index is 9.13. The Bertz CT molecular complexity index is 168. The third-order valence-corrected chi connectivity index (χ3v) is 0.247. The Labute approximate surface area is 106 Å². The lowest BCUT2D eigenvalue weighted by Gasteiger charge is -1.79. The van der Waals surface area contributed by atoms with Crippen LogP contribution in [0, 0.1) is 0 Å². The van der Waals surface area contributed by atoms with E-state index in [2.05, 4.69) is 46.7 Å². The van der Waals surface area contributed by atoms with Crippen molar-refractivity contribution in [3.8, 4) is 0 Å². The van der Waals surface area contributed by atoms with E-state index >= 15 is 0 Å². The van der Waals surface area contributed by atoms with Gasteiger partial charge in [-0.05, 0) is 0 Å². The Balaban J connectivity index is -0.0000000284. The van der Waals surface area contributed by atoms with Gasteiger partial charge in [-0.25, -0.2) is 21.3 Å². The normalized spacial score (nSPS) is 4.84. The molecule has 0 saturated carbocycles. The summed E-state index contributed by atoms with van der Waals surface area (Å²) in [5.74, 6) is 32.6. The molecule has 20 N–H and O–H groups in total. The summed E-state index contributed by atoms with van der Waals surface area (Å²) in [5, 5.41) is 15.0. The monoisotopic (exact) mass is 292 g/mol. The van der Waals surface area contributed by atoms with Gasteiger partial charge in [-0.15, -0.1) is 0 Å². The standard InChI is InChI=1S/2CH4N2O2.CO2.3H4N2/c2*2-3-1(4)5;2-1-3;3*1-2/h2*3H,2H2,(H,4,5);;3*1-2H2. The highest BCUT2D eigenvalue weighted by Gasteiger charge is 1.78. The Hall–Kier alpha value is -2.40. The highest BCUT2D eigenvalue weighted by molar-refractivity contribution is 5.63. The number of carbonyl (C=O) groups is 2. The van der Waals surface area contributed by atoms with Gasteiger partial charge < -0.3 is 10.2 Å². The minimum atomic E-state index is -1.22. The van der Waals surface area contributed by atoms with E-state index in [-0.39, 0.29) is 6.15 Å². The van der Waals surface area contributed by atoms with Crippen LogP contribution in [0.3, 0.4) is 0 Å². The van der Waals surface area contributed by atoms with Crippen LogP contribution >= 0.6 is 0 Å². The van der Waals surface area contributed by atoms with Crippen LogP contribution in [-0.4, -0.2) is 28.6 Å². The molecule has 0 aliphatic rings. The molecule has 16 nitrogen and oxygen atoms in total. The van der Waals surface area contributed by atoms with Gasteiger partial charge in [0.1, 0.15) is 0 Å². The second-order valence-electron chi connectivity index (χ2n) is 0.982. The number of hydrogen-bond donors (Lipinski definition) is 12. The van der Waals surface area contributed by atoms with Crippen molar-refractivity contribution in [2.75, 3.05) is 0 Å². The molecule has 118 valence electrons. The molecular weight excluding hydrogens is 272 g/mol. The van der Waals surface area contributed by atoms with Crippen LogP contribution in [0.15, 0.2) is 0 Å². The van der Waals surface area contributed by atoms with E-state index in [4.69, 9.17) is 29.4 Å². The van der Waals surface area contributed by atoms with Gasteiger partial charge in [0.15, 0.2) is 0 Å². The molecule has 0 atom stereocenters. The predicted molar refractivity (Wildman–Crippen MR) is 60.8 cm³/mol. The van der Waals surface area contributed by atoms with Crippen LogP contribution in [0.4, 0.5) is 9.59 Å². The first-order valence-corrected chi connectivity index (χ1v) is 3.34. The number of hydrogen-bond acceptors (Lipinski definition) is 12. The molecule has 0 fully saturated rings. The fraction of sp³-hybridized carbons (Fsp3) is 0. The number of nitrogens with two attached hydrogens (primary N) is 8. The average Bonchev–Trinajstić information content (AvgIpc) is 2.46. The summed E-state index contributed by atoms with van der Waals surface area (Å²) in [6, 6.07) is 0. The van der Waals surface area contributed by atoms with Crippen LogP contribution in [0.1, 0.15) is 0 Å². The molecule has 0 spiro atoms. The van der Waals surface area contributed by atoms with Crippen molar-refractivity contribution in [2.24, 2.45) is 46.7 Å².